The van der Waals surface area contributed by atoms with Crippen LogP contribution in [0.1, 0.15) is 65.6 Å². The lowest BCUT2D eigenvalue weighted by molar-refractivity contribution is -0.121. The number of aryl methyl sites for hydroxylation is 1. The first-order valence-corrected chi connectivity index (χ1v) is 10.9. The molecule has 1 N–H and O–H groups in total. The molecule has 4 nitrogen and oxygen atoms in total. The summed E-state index contributed by atoms with van der Waals surface area (Å²) in [7, 11) is 0. The minimum atomic E-state index is 0.0559. The number of rotatable bonds is 6. The Hall–Kier alpha value is -2.62. The molecule has 2 amide bonds. The van der Waals surface area contributed by atoms with Crippen molar-refractivity contribution in [1.82, 2.24) is 5.32 Å². The molecule has 0 unspecified atom stereocenters. The molecular formula is C25H30N2O2. The number of anilines is 1. The van der Waals surface area contributed by atoms with E-state index in [1.165, 1.54) is 31.2 Å². The Morgan fingerprint density at radius 2 is 1.93 bits per heavy atom. The van der Waals surface area contributed by atoms with Gasteiger partial charge in [-0.15, -0.1) is 0 Å². The third-order valence-electron chi connectivity index (χ3n) is 6.29. The SMILES string of the molecule is Cc1cccc(C(=O)N2CCc3cc(CNC(=O)CCC4CCCC4)ccc32)c1. The lowest BCUT2D eigenvalue weighted by Crippen LogP contribution is -2.28. The molecule has 2 aromatic rings. The van der Waals surface area contributed by atoms with Gasteiger partial charge in [-0.3, -0.25) is 9.59 Å². The van der Waals surface area contributed by atoms with E-state index < -0.39 is 0 Å². The van der Waals surface area contributed by atoms with Crippen LogP contribution in [-0.4, -0.2) is 18.4 Å². The smallest absolute Gasteiger partial charge is 0.258 e. The summed E-state index contributed by atoms with van der Waals surface area (Å²) in [6.45, 7) is 3.27. The van der Waals surface area contributed by atoms with E-state index in [2.05, 4.69) is 11.4 Å². The lowest BCUT2D eigenvalue weighted by Gasteiger charge is -2.18. The summed E-state index contributed by atoms with van der Waals surface area (Å²) >= 11 is 0. The van der Waals surface area contributed by atoms with E-state index in [0.29, 0.717) is 19.5 Å². The first-order chi connectivity index (χ1) is 14.1. The van der Waals surface area contributed by atoms with Gasteiger partial charge in [0.1, 0.15) is 0 Å². The molecule has 1 fully saturated rings. The largest absolute Gasteiger partial charge is 0.352 e. The zero-order valence-electron chi connectivity index (χ0n) is 17.2. The highest BCUT2D eigenvalue weighted by molar-refractivity contribution is 6.07. The molecule has 0 radical (unpaired) electrons. The van der Waals surface area contributed by atoms with Gasteiger partial charge in [0, 0.05) is 30.8 Å². The fourth-order valence-corrected chi connectivity index (χ4v) is 4.63. The van der Waals surface area contributed by atoms with Gasteiger partial charge in [-0.1, -0.05) is 55.5 Å². The molecule has 0 atom stereocenters. The average Bonchev–Trinajstić information content (AvgIpc) is 3.39. The normalized spacial score (nSPS) is 16.1. The van der Waals surface area contributed by atoms with Gasteiger partial charge < -0.3 is 10.2 Å². The predicted molar refractivity (Wildman–Crippen MR) is 116 cm³/mol. The number of benzene rings is 2. The standard InChI is InChI=1S/C25H30N2O2/c1-18-5-4-8-22(15-18)25(29)27-14-13-21-16-20(9-11-23(21)27)17-26-24(28)12-10-19-6-2-3-7-19/h4-5,8-9,11,15-16,19H,2-3,6-7,10,12-14,17H2,1H3,(H,26,28). The molecule has 4 heteroatoms. The van der Waals surface area contributed by atoms with Crippen LogP contribution in [0.5, 0.6) is 0 Å². The highest BCUT2D eigenvalue weighted by Gasteiger charge is 2.25. The zero-order valence-corrected chi connectivity index (χ0v) is 17.2. The van der Waals surface area contributed by atoms with Gasteiger partial charge in [0.2, 0.25) is 5.91 Å². The third kappa shape index (κ3) is 4.69. The van der Waals surface area contributed by atoms with Crippen LogP contribution in [0.15, 0.2) is 42.5 Å². The summed E-state index contributed by atoms with van der Waals surface area (Å²) in [5.74, 6) is 0.951. The summed E-state index contributed by atoms with van der Waals surface area (Å²) in [4.78, 5) is 26.9. The van der Waals surface area contributed by atoms with Crippen molar-refractivity contribution in [3.8, 4) is 0 Å². The zero-order chi connectivity index (χ0) is 20.2. The number of carbonyl (C=O) groups is 2. The average molecular weight is 391 g/mol. The molecule has 1 heterocycles. The number of amides is 2. The number of hydrogen-bond donors (Lipinski definition) is 1. The van der Waals surface area contributed by atoms with Gasteiger partial charge in [0.25, 0.3) is 5.91 Å². The van der Waals surface area contributed by atoms with E-state index in [1.54, 1.807) is 0 Å². The predicted octanol–water partition coefficient (Wildman–Crippen LogP) is 4.78. The fourth-order valence-electron chi connectivity index (χ4n) is 4.63. The van der Waals surface area contributed by atoms with Crippen LogP contribution in [-0.2, 0) is 17.8 Å². The maximum atomic E-state index is 12.9. The van der Waals surface area contributed by atoms with Crippen molar-refractivity contribution in [2.75, 3.05) is 11.4 Å². The molecule has 152 valence electrons. The molecule has 4 rings (SSSR count). The molecule has 1 aliphatic heterocycles. The Balaban J connectivity index is 1.34. The molecule has 0 saturated heterocycles. The highest BCUT2D eigenvalue weighted by atomic mass is 16.2. The van der Waals surface area contributed by atoms with Crippen molar-refractivity contribution in [2.45, 2.75) is 58.4 Å². The molecule has 0 bridgehead atoms. The minimum absolute atomic E-state index is 0.0559. The second kappa shape index (κ2) is 8.81. The molecular weight excluding hydrogens is 360 g/mol. The van der Waals surface area contributed by atoms with Crippen molar-refractivity contribution in [3.05, 3.63) is 64.7 Å². The van der Waals surface area contributed by atoms with Gasteiger partial charge in [-0.25, -0.2) is 0 Å². The number of carbonyl (C=O) groups excluding carboxylic acids is 2. The second-order valence-electron chi connectivity index (χ2n) is 8.51. The third-order valence-corrected chi connectivity index (χ3v) is 6.29. The topological polar surface area (TPSA) is 49.4 Å². The van der Waals surface area contributed by atoms with Gasteiger partial charge in [-0.05, 0) is 55.0 Å². The second-order valence-corrected chi connectivity index (χ2v) is 8.51. The quantitative estimate of drug-likeness (QED) is 0.771. The molecule has 2 aliphatic rings. The van der Waals surface area contributed by atoms with Crippen LogP contribution < -0.4 is 10.2 Å². The van der Waals surface area contributed by atoms with Crippen molar-refractivity contribution in [1.29, 1.82) is 0 Å². The summed E-state index contributed by atoms with van der Waals surface area (Å²) in [6.07, 6.45) is 7.73. The highest BCUT2D eigenvalue weighted by Crippen LogP contribution is 2.31. The molecule has 0 spiro atoms. The lowest BCUT2D eigenvalue weighted by atomic mass is 10.0. The Morgan fingerprint density at radius 3 is 2.72 bits per heavy atom. The molecule has 1 saturated carbocycles. The van der Waals surface area contributed by atoms with Crippen LogP contribution in [0.2, 0.25) is 0 Å². The van der Waals surface area contributed by atoms with Gasteiger partial charge in [0.15, 0.2) is 0 Å². The summed E-state index contributed by atoms with van der Waals surface area (Å²) < 4.78 is 0. The van der Waals surface area contributed by atoms with E-state index in [-0.39, 0.29) is 11.8 Å². The first kappa shape index (κ1) is 19.7. The van der Waals surface area contributed by atoms with Crippen LogP contribution in [0.3, 0.4) is 0 Å². The summed E-state index contributed by atoms with van der Waals surface area (Å²) in [6, 6.07) is 13.9. The van der Waals surface area contributed by atoms with Crippen LogP contribution in [0, 0.1) is 12.8 Å². The van der Waals surface area contributed by atoms with Crippen molar-refractivity contribution in [3.63, 3.8) is 0 Å². The van der Waals surface area contributed by atoms with Crippen LogP contribution in [0.25, 0.3) is 0 Å². The van der Waals surface area contributed by atoms with E-state index in [4.69, 9.17) is 0 Å². The summed E-state index contributed by atoms with van der Waals surface area (Å²) in [5, 5.41) is 3.06. The van der Waals surface area contributed by atoms with Crippen molar-refractivity contribution >= 4 is 17.5 Å². The maximum absolute atomic E-state index is 12.9. The van der Waals surface area contributed by atoms with E-state index in [1.807, 2.05) is 48.2 Å². The first-order valence-electron chi connectivity index (χ1n) is 10.9. The number of hydrogen-bond acceptors (Lipinski definition) is 2. The minimum Gasteiger partial charge on any atom is -0.352 e. The van der Waals surface area contributed by atoms with Crippen LogP contribution in [0.4, 0.5) is 5.69 Å². The van der Waals surface area contributed by atoms with E-state index >= 15 is 0 Å². The maximum Gasteiger partial charge on any atom is 0.258 e. The van der Waals surface area contributed by atoms with Gasteiger partial charge >= 0.3 is 0 Å². The monoisotopic (exact) mass is 390 g/mol. The van der Waals surface area contributed by atoms with Crippen LogP contribution >= 0.6 is 0 Å². The van der Waals surface area contributed by atoms with Crippen molar-refractivity contribution < 1.29 is 9.59 Å². The van der Waals surface area contributed by atoms with Gasteiger partial charge in [-0.2, -0.15) is 0 Å². The number of nitrogens with one attached hydrogen (secondary N) is 1. The van der Waals surface area contributed by atoms with E-state index in [9.17, 15) is 9.59 Å². The molecule has 1 aliphatic carbocycles. The Bertz CT molecular complexity index is 899. The Kier molecular flexibility index (Phi) is 5.98. The van der Waals surface area contributed by atoms with E-state index in [0.717, 1.165) is 41.1 Å². The number of fused-ring (bicyclic) bond motifs is 1. The molecule has 2 aromatic carbocycles. The molecule has 29 heavy (non-hydrogen) atoms. The van der Waals surface area contributed by atoms with Gasteiger partial charge in [0.05, 0.1) is 0 Å². The molecule has 0 aromatic heterocycles. The number of nitrogens with zero attached hydrogens (tertiary/aromatic N) is 1. The Labute approximate surface area is 173 Å². The van der Waals surface area contributed by atoms with Crippen molar-refractivity contribution in [2.24, 2.45) is 5.92 Å². The fraction of sp³-hybridized carbons (Fsp3) is 0.440. The Morgan fingerprint density at radius 1 is 1.10 bits per heavy atom. The summed E-state index contributed by atoms with van der Waals surface area (Å²) in [5.41, 5.74) is 5.10.